The normalized spacial score (nSPS) is 10.5. The lowest BCUT2D eigenvalue weighted by atomic mass is 10.1. The Morgan fingerprint density at radius 3 is 2.66 bits per heavy atom. The number of nitrogens with one attached hydrogen (secondary N) is 2. The van der Waals surface area contributed by atoms with E-state index in [1.807, 2.05) is 24.3 Å². The number of carbonyl (C=O) groups excluding carboxylic acids is 1. The van der Waals surface area contributed by atoms with Crippen molar-refractivity contribution in [2.24, 2.45) is 0 Å². The largest absolute Gasteiger partial charge is 0.497 e. The van der Waals surface area contributed by atoms with Crippen molar-refractivity contribution >= 4 is 17.4 Å². The van der Waals surface area contributed by atoms with E-state index in [-0.39, 0.29) is 11.4 Å². The average Bonchev–Trinajstić information content (AvgIpc) is 2.70. The average molecular weight is 398 g/mol. The first-order valence-electron chi connectivity index (χ1n) is 8.93. The highest BCUT2D eigenvalue weighted by Crippen LogP contribution is 2.16. The number of amides is 1. The van der Waals surface area contributed by atoms with Crippen LogP contribution in [0.2, 0.25) is 0 Å². The van der Waals surface area contributed by atoms with Gasteiger partial charge in [-0.15, -0.1) is 0 Å². The Morgan fingerprint density at radius 1 is 1.07 bits per heavy atom. The number of aryl methyl sites for hydroxylation is 1. The number of anilines is 2. The Morgan fingerprint density at radius 2 is 1.90 bits per heavy atom. The molecule has 3 rings (SSSR count). The summed E-state index contributed by atoms with van der Waals surface area (Å²) < 4.78 is 31.6. The minimum absolute atomic E-state index is 0.117. The zero-order chi connectivity index (χ0) is 20.8. The molecule has 0 radical (unpaired) electrons. The van der Waals surface area contributed by atoms with Crippen LogP contribution in [0.5, 0.6) is 5.75 Å². The first kappa shape index (κ1) is 20.2. The number of benzene rings is 2. The Bertz CT molecular complexity index is 1030. The predicted octanol–water partition coefficient (Wildman–Crippen LogP) is 3.98. The van der Waals surface area contributed by atoms with Crippen LogP contribution in [0.15, 0.2) is 48.5 Å². The molecule has 0 aliphatic rings. The first-order chi connectivity index (χ1) is 13.9. The summed E-state index contributed by atoms with van der Waals surface area (Å²) in [5.74, 6) is -0.874. The van der Waals surface area contributed by atoms with Crippen molar-refractivity contribution in [3.05, 3.63) is 77.2 Å². The second kappa shape index (κ2) is 9.09. The molecular formula is C21H20F2N4O2. The summed E-state index contributed by atoms with van der Waals surface area (Å²) in [6.07, 6.45) is 0.733. The van der Waals surface area contributed by atoms with Gasteiger partial charge in [0.05, 0.1) is 7.11 Å². The van der Waals surface area contributed by atoms with Crippen LogP contribution in [0.25, 0.3) is 0 Å². The molecular weight excluding hydrogens is 378 g/mol. The van der Waals surface area contributed by atoms with Crippen LogP contribution in [-0.4, -0.2) is 29.5 Å². The number of carbonyl (C=O) groups is 1. The highest BCUT2D eigenvalue weighted by Gasteiger charge is 2.12. The minimum Gasteiger partial charge on any atom is -0.497 e. The Balaban J connectivity index is 1.65. The van der Waals surface area contributed by atoms with Crippen molar-refractivity contribution in [2.45, 2.75) is 13.3 Å². The van der Waals surface area contributed by atoms with Crippen LogP contribution in [0.3, 0.4) is 0 Å². The van der Waals surface area contributed by atoms with E-state index in [9.17, 15) is 13.6 Å². The number of hydrogen-bond donors (Lipinski definition) is 2. The quantitative estimate of drug-likeness (QED) is 0.630. The number of hydrogen-bond acceptors (Lipinski definition) is 5. The molecule has 0 bridgehead atoms. The lowest BCUT2D eigenvalue weighted by Crippen LogP contribution is -2.16. The third-order valence-corrected chi connectivity index (χ3v) is 4.10. The number of nitrogens with zero attached hydrogens (tertiary/aromatic N) is 2. The van der Waals surface area contributed by atoms with Gasteiger partial charge in [0.1, 0.15) is 23.1 Å². The van der Waals surface area contributed by atoms with Crippen molar-refractivity contribution < 1.29 is 18.3 Å². The monoisotopic (exact) mass is 398 g/mol. The molecule has 0 unspecified atom stereocenters. The standard InChI is InChI=1S/C21H20F2N4O2/c1-13-25-19(21(28)27-15-6-7-17(22)18(23)11-15)12-20(26-13)24-9-8-14-4-3-5-16(10-14)29-2/h3-7,10-12H,8-9H2,1-2H3,(H,27,28)(H,24,25,26). The number of ether oxygens (including phenoxy) is 1. The number of rotatable bonds is 7. The van der Waals surface area contributed by atoms with Gasteiger partial charge in [-0.25, -0.2) is 18.7 Å². The molecule has 0 aliphatic carbocycles. The second-order valence-corrected chi connectivity index (χ2v) is 6.30. The summed E-state index contributed by atoms with van der Waals surface area (Å²) in [4.78, 5) is 20.8. The highest BCUT2D eigenvalue weighted by molar-refractivity contribution is 6.03. The molecule has 8 heteroatoms. The predicted molar refractivity (Wildman–Crippen MR) is 106 cm³/mol. The maximum atomic E-state index is 13.3. The Hall–Kier alpha value is -3.55. The summed E-state index contributed by atoms with van der Waals surface area (Å²) in [6, 6.07) is 12.4. The van der Waals surface area contributed by atoms with Gasteiger partial charge >= 0.3 is 0 Å². The summed E-state index contributed by atoms with van der Waals surface area (Å²) in [5, 5.41) is 5.66. The van der Waals surface area contributed by atoms with E-state index < -0.39 is 17.5 Å². The second-order valence-electron chi connectivity index (χ2n) is 6.30. The molecule has 0 atom stereocenters. The Labute approximate surface area is 167 Å². The van der Waals surface area contributed by atoms with E-state index >= 15 is 0 Å². The SMILES string of the molecule is COc1cccc(CCNc2cc(C(=O)Nc3ccc(F)c(F)c3)nc(C)n2)c1. The van der Waals surface area contributed by atoms with Crippen LogP contribution < -0.4 is 15.4 Å². The van der Waals surface area contributed by atoms with Gasteiger partial charge in [0, 0.05) is 24.4 Å². The molecule has 0 saturated carbocycles. The van der Waals surface area contributed by atoms with Gasteiger partial charge in [0.2, 0.25) is 0 Å². The molecule has 150 valence electrons. The molecule has 2 aromatic carbocycles. The molecule has 2 N–H and O–H groups in total. The van der Waals surface area contributed by atoms with E-state index in [0.29, 0.717) is 18.2 Å². The molecule has 0 aliphatic heterocycles. The van der Waals surface area contributed by atoms with Gasteiger partial charge in [0.15, 0.2) is 11.6 Å². The molecule has 0 spiro atoms. The summed E-state index contributed by atoms with van der Waals surface area (Å²) in [5.41, 5.74) is 1.35. The van der Waals surface area contributed by atoms with Crippen LogP contribution in [0.4, 0.5) is 20.3 Å². The van der Waals surface area contributed by atoms with Crippen LogP contribution in [0, 0.1) is 18.6 Å². The first-order valence-corrected chi connectivity index (χ1v) is 8.93. The third-order valence-electron chi connectivity index (χ3n) is 4.10. The lowest BCUT2D eigenvalue weighted by molar-refractivity contribution is 0.102. The van der Waals surface area contributed by atoms with E-state index in [1.54, 1.807) is 14.0 Å². The van der Waals surface area contributed by atoms with E-state index in [0.717, 1.165) is 29.9 Å². The molecule has 0 fully saturated rings. The van der Waals surface area contributed by atoms with Gasteiger partial charge in [-0.05, 0) is 43.2 Å². The fourth-order valence-corrected chi connectivity index (χ4v) is 2.71. The van der Waals surface area contributed by atoms with Crippen molar-refractivity contribution in [2.75, 3.05) is 24.3 Å². The van der Waals surface area contributed by atoms with Crippen LogP contribution in [0.1, 0.15) is 21.9 Å². The van der Waals surface area contributed by atoms with Crippen LogP contribution >= 0.6 is 0 Å². The molecule has 6 nitrogen and oxygen atoms in total. The van der Waals surface area contributed by atoms with E-state index in [2.05, 4.69) is 20.6 Å². The lowest BCUT2D eigenvalue weighted by Gasteiger charge is -2.10. The van der Waals surface area contributed by atoms with Crippen molar-refractivity contribution in [1.29, 1.82) is 0 Å². The number of halogens is 2. The fraction of sp³-hybridized carbons (Fsp3) is 0.190. The minimum atomic E-state index is -1.04. The van der Waals surface area contributed by atoms with Gasteiger partial charge < -0.3 is 15.4 Å². The van der Waals surface area contributed by atoms with Gasteiger partial charge in [0.25, 0.3) is 5.91 Å². The smallest absolute Gasteiger partial charge is 0.274 e. The maximum Gasteiger partial charge on any atom is 0.274 e. The maximum absolute atomic E-state index is 13.3. The molecule has 1 heterocycles. The summed E-state index contributed by atoms with van der Waals surface area (Å²) in [7, 11) is 1.62. The van der Waals surface area contributed by atoms with Crippen molar-refractivity contribution in [3.63, 3.8) is 0 Å². The molecule has 1 amide bonds. The topological polar surface area (TPSA) is 76.1 Å². The summed E-state index contributed by atoms with van der Waals surface area (Å²) in [6.45, 7) is 2.26. The Kier molecular flexibility index (Phi) is 6.33. The van der Waals surface area contributed by atoms with Gasteiger partial charge in [-0.3, -0.25) is 4.79 Å². The molecule has 0 saturated heterocycles. The van der Waals surface area contributed by atoms with Gasteiger partial charge in [-0.1, -0.05) is 12.1 Å². The molecule has 29 heavy (non-hydrogen) atoms. The zero-order valence-electron chi connectivity index (χ0n) is 16.0. The number of aromatic nitrogens is 2. The third kappa shape index (κ3) is 5.47. The molecule has 1 aromatic heterocycles. The highest BCUT2D eigenvalue weighted by atomic mass is 19.2. The molecule has 3 aromatic rings. The fourth-order valence-electron chi connectivity index (χ4n) is 2.71. The van der Waals surface area contributed by atoms with E-state index in [4.69, 9.17) is 4.74 Å². The van der Waals surface area contributed by atoms with Crippen LogP contribution in [-0.2, 0) is 6.42 Å². The van der Waals surface area contributed by atoms with Crippen molar-refractivity contribution in [1.82, 2.24) is 9.97 Å². The number of methoxy groups -OCH3 is 1. The van der Waals surface area contributed by atoms with E-state index in [1.165, 1.54) is 12.1 Å². The van der Waals surface area contributed by atoms with Crippen molar-refractivity contribution in [3.8, 4) is 5.75 Å². The van der Waals surface area contributed by atoms with Gasteiger partial charge in [-0.2, -0.15) is 0 Å². The summed E-state index contributed by atoms with van der Waals surface area (Å²) >= 11 is 0. The zero-order valence-corrected chi connectivity index (χ0v) is 16.0.